The molecular formula is C24H40N2O11. The van der Waals surface area contributed by atoms with E-state index in [1.165, 1.54) is 27.7 Å². The number of carbonyl (C=O) groups is 5. The van der Waals surface area contributed by atoms with Crippen molar-refractivity contribution in [1.82, 2.24) is 10.6 Å². The molecule has 212 valence electrons. The second kappa shape index (κ2) is 15.4. The van der Waals surface area contributed by atoms with E-state index in [1.54, 1.807) is 20.8 Å². The van der Waals surface area contributed by atoms with Gasteiger partial charge in [0.1, 0.15) is 24.4 Å². The molecule has 0 unspecified atom stereocenters. The number of ether oxygens (including phenoxy) is 6. The van der Waals surface area contributed by atoms with Crippen LogP contribution in [0.5, 0.6) is 0 Å². The number of amides is 2. The van der Waals surface area contributed by atoms with Crippen LogP contribution in [0.2, 0.25) is 0 Å². The van der Waals surface area contributed by atoms with Crippen molar-refractivity contribution >= 4 is 29.9 Å². The number of hydrogen-bond acceptors (Lipinski definition) is 11. The highest BCUT2D eigenvalue weighted by atomic mass is 16.7. The van der Waals surface area contributed by atoms with Gasteiger partial charge in [-0.1, -0.05) is 0 Å². The van der Waals surface area contributed by atoms with E-state index in [2.05, 4.69) is 10.6 Å². The molecule has 0 aromatic carbocycles. The molecule has 13 nitrogen and oxygen atoms in total. The molecule has 0 aromatic rings. The molecule has 1 saturated heterocycles. The Labute approximate surface area is 217 Å². The average molecular weight is 533 g/mol. The summed E-state index contributed by atoms with van der Waals surface area (Å²) in [5, 5.41) is 5.32. The molecule has 0 aromatic heterocycles. The highest BCUT2D eigenvalue weighted by Gasteiger charge is 2.51. The van der Waals surface area contributed by atoms with Crippen molar-refractivity contribution in [2.24, 2.45) is 0 Å². The Balaban J connectivity index is 2.83. The summed E-state index contributed by atoms with van der Waals surface area (Å²) in [5.41, 5.74) is -0.575. The van der Waals surface area contributed by atoms with Crippen LogP contribution in [-0.2, 0) is 47.6 Å². The fourth-order valence-electron chi connectivity index (χ4n) is 3.54. The van der Waals surface area contributed by atoms with Gasteiger partial charge in [-0.25, -0.2) is 4.79 Å². The molecule has 1 aliphatic heterocycles. The molecule has 0 aliphatic carbocycles. The zero-order valence-corrected chi connectivity index (χ0v) is 22.6. The lowest BCUT2D eigenvalue weighted by molar-refractivity contribution is -0.277. The standard InChI is InChI=1S/C24H40N2O11/c1-14(27)26-19-21(35-17(4)30)20(34-16(3)29)18(13-33-15(2)28)36-22(19)32-12-10-8-9-11-25-23(31)37-24(5,6)7/h18-22H,8-13H2,1-7H3,(H,25,31)(H,26,27)/t18-,19-,20+,21-,22-/m1/s1. The van der Waals surface area contributed by atoms with Crippen LogP contribution >= 0.6 is 0 Å². The second-order valence-electron chi connectivity index (χ2n) is 9.58. The van der Waals surface area contributed by atoms with E-state index in [0.717, 1.165) is 0 Å². The van der Waals surface area contributed by atoms with Gasteiger partial charge in [-0.05, 0) is 40.0 Å². The minimum Gasteiger partial charge on any atom is -0.463 e. The van der Waals surface area contributed by atoms with E-state index in [9.17, 15) is 24.0 Å². The van der Waals surface area contributed by atoms with Gasteiger partial charge in [0.05, 0.1) is 0 Å². The molecular weight excluding hydrogens is 492 g/mol. The van der Waals surface area contributed by atoms with E-state index >= 15 is 0 Å². The van der Waals surface area contributed by atoms with E-state index in [-0.39, 0.29) is 13.2 Å². The lowest BCUT2D eigenvalue weighted by atomic mass is 9.96. The molecule has 1 heterocycles. The van der Waals surface area contributed by atoms with Gasteiger partial charge >= 0.3 is 24.0 Å². The van der Waals surface area contributed by atoms with Gasteiger partial charge in [0, 0.05) is 40.8 Å². The number of alkyl carbamates (subject to hydrolysis) is 1. The summed E-state index contributed by atoms with van der Waals surface area (Å²) in [6, 6.07) is -1.01. The third kappa shape index (κ3) is 13.3. The average Bonchev–Trinajstić information content (AvgIpc) is 2.73. The Hall–Kier alpha value is -2.93. The van der Waals surface area contributed by atoms with Gasteiger partial charge in [0.15, 0.2) is 18.5 Å². The molecule has 2 N–H and O–H groups in total. The van der Waals surface area contributed by atoms with Crippen LogP contribution in [0.15, 0.2) is 0 Å². The summed E-state index contributed by atoms with van der Waals surface area (Å²) in [7, 11) is 0. The monoisotopic (exact) mass is 532 g/mol. The van der Waals surface area contributed by atoms with Crippen LogP contribution in [0, 0.1) is 0 Å². The lowest BCUT2D eigenvalue weighted by Crippen LogP contribution is -2.66. The largest absolute Gasteiger partial charge is 0.463 e. The number of hydrogen-bond donors (Lipinski definition) is 2. The third-order valence-corrected chi connectivity index (χ3v) is 4.84. The van der Waals surface area contributed by atoms with Gasteiger partial charge in [-0.2, -0.15) is 0 Å². The highest BCUT2D eigenvalue weighted by molar-refractivity contribution is 5.73. The molecule has 0 radical (unpaired) electrons. The molecule has 0 bridgehead atoms. The third-order valence-electron chi connectivity index (χ3n) is 4.84. The van der Waals surface area contributed by atoms with Crippen LogP contribution in [0.25, 0.3) is 0 Å². The maximum Gasteiger partial charge on any atom is 0.407 e. The minimum atomic E-state index is -1.17. The number of rotatable bonds is 12. The molecule has 13 heteroatoms. The predicted octanol–water partition coefficient (Wildman–Crippen LogP) is 1.35. The zero-order chi connectivity index (χ0) is 28.2. The minimum absolute atomic E-state index is 0.207. The normalized spacial score (nSPS) is 23.4. The molecule has 0 saturated carbocycles. The van der Waals surface area contributed by atoms with Gasteiger partial charge in [-0.3, -0.25) is 19.2 Å². The van der Waals surface area contributed by atoms with Gasteiger partial charge in [-0.15, -0.1) is 0 Å². The van der Waals surface area contributed by atoms with Crippen molar-refractivity contribution in [2.75, 3.05) is 19.8 Å². The number of unbranched alkanes of at least 4 members (excludes halogenated alkanes) is 2. The fourth-order valence-corrected chi connectivity index (χ4v) is 3.54. The van der Waals surface area contributed by atoms with Crippen LogP contribution in [0.4, 0.5) is 4.79 Å². The quantitative estimate of drug-likeness (QED) is 0.212. The molecule has 0 spiro atoms. The Morgan fingerprint density at radius 2 is 1.46 bits per heavy atom. The second-order valence-corrected chi connectivity index (χ2v) is 9.58. The number of esters is 3. The van der Waals surface area contributed by atoms with Crippen molar-refractivity contribution in [1.29, 1.82) is 0 Å². The van der Waals surface area contributed by atoms with Gasteiger partial charge < -0.3 is 39.1 Å². The van der Waals surface area contributed by atoms with Crippen molar-refractivity contribution in [3.05, 3.63) is 0 Å². The van der Waals surface area contributed by atoms with Crippen LogP contribution in [0.1, 0.15) is 67.7 Å². The molecule has 37 heavy (non-hydrogen) atoms. The Bertz CT molecular complexity index is 796. The van der Waals surface area contributed by atoms with Crippen molar-refractivity contribution < 1.29 is 52.4 Å². The van der Waals surface area contributed by atoms with E-state index in [1.807, 2.05) is 0 Å². The highest BCUT2D eigenvalue weighted by Crippen LogP contribution is 2.28. The van der Waals surface area contributed by atoms with E-state index in [0.29, 0.717) is 25.8 Å². The number of nitrogens with one attached hydrogen (secondary N) is 2. The summed E-state index contributed by atoms with van der Waals surface area (Å²) in [6.07, 6.45) is -2.99. The number of carbonyl (C=O) groups excluding carboxylic acids is 5. The summed E-state index contributed by atoms with van der Waals surface area (Å²) in [6.45, 7) is 10.5. The summed E-state index contributed by atoms with van der Waals surface area (Å²) < 4.78 is 32.8. The molecule has 1 aliphatic rings. The SMILES string of the molecule is CC(=O)N[C@H]1[C@H](OCCCCCNC(=O)OC(C)(C)C)O[C@H](COC(C)=O)[C@H](OC(C)=O)[C@@H]1OC(C)=O. The topological polar surface area (TPSA) is 165 Å². The van der Waals surface area contributed by atoms with E-state index < -0.39 is 66.2 Å². The molecule has 1 rings (SSSR count). The Morgan fingerprint density at radius 3 is 2.00 bits per heavy atom. The van der Waals surface area contributed by atoms with Crippen LogP contribution in [-0.4, -0.2) is 85.9 Å². The summed E-state index contributed by atoms with van der Waals surface area (Å²) >= 11 is 0. The van der Waals surface area contributed by atoms with Crippen LogP contribution < -0.4 is 10.6 Å². The molecule has 5 atom stereocenters. The first-order valence-electron chi connectivity index (χ1n) is 12.2. The van der Waals surface area contributed by atoms with Crippen LogP contribution in [0.3, 0.4) is 0 Å². The van der Waals surface area contributed by atoms with Gasteiger partial charge in [0.25, 0.3) is 0 Å². The fraction of sp³-hybridized carbons (Fsp3) is 0.792. The van der Waals surface area contributed by atoms with Crippen molar-refractivity contribution in [3.63, 3.8) is 0 Å². The zero-order valence-electron chi connectivity index (χ0n) is 22.6. The predicted molar refractivity (Wildman–Crippen MR) is 128 cm³/mol. The Kier molecular flexibility index (Phi) is 13.3. The maximum atomic E-state index is 11.9. The molecule has 2 amide bonds. The van der Waals surface area contributed by atoms with E-state index in [4.69, 9.17) is 28.4 Å². The summed E-state index contributed by atoms with van der Waals surface area (Å²) in [4.78, 5) is 58.6. The van der Waals surface area contributed by atoms with Crippen molar-refractivity contribution in [2.45, 2.75) is 104 Å². The summed E-state index contributed by atoms with van der Waals surface area (Å²) in [5.74, 6) is -2.40. The van der Waals surface area contributed by atoms with Gasteiger partial charge in [0.2, 0.25) is 5.91 Å². The Morgan fingerprint density at radius 1 is 0.838 bits per heavy atom. The first-order valence-corrected chi connectivity index (χ1v) is 12.2. The smallest absolute Gasteiger partial charge is 0.407 e. The lowest BCUT2D eigenvalue weighted by Gasteiger charge is -2.44. The van der Waals surface area contributed by atoms with Crippen molar-refractivity contribution in [3.8, 4) is 0 Å². The maximum absolute atomic E-state index is 11.9. The first kappa shape index (κ1) is 32.1. The molecule has 1 fully saturated rings. The first-order chi connectivity index (χ1) is 17.2.